The normalized spacial score (nSPS) is 13.4. The quantitative estimate of drug-likeness (QED) is 0.848. The van der Waals surface area contributed by atoms with E-state index in [0.29, 0.717) is 10.0 Å². The fourth-order valence-corrected chi connectivity index (χ4v) is 3.78. The van der Waals surface area contributed by atoms with E-state index in [0.717, 1.165) is 0 Å². The number of nitrogens with two attached hydrogens (primary N) is 1. The molecule has 1 atom stereocenters. The van der Waals surface area contributed by atoms with Gasteiger partial charge in [0.15, 0.2) is 0 Å². The van der Waals surface area contributed by atoms with Gasteiger partial charge in [-0.15, -0.1) is 11.3 Å². The molecule has 2 rings (SSSR count). The Morgan fingerprint density at radius 3 is 2.79 bits per heavy atom. The van der Waals surface area contributed by atoms with Gasteiger partial charge in [0.05, 0.1) is 11.7 Å². The lowest BCUT2D eigenvalue weighted by atomic mass is 10.3. The molecule has 102 valence electrons. The largest absolute Gasteiger partial charge is 0.398 e. The summed E-state index contributed by atoms with van der Waals surface area (Å²) in [5, 5.41) is 2.87. The Morgan fingerprint density at radius 2 is 2.21 bits per heavy atom. The van der Waals surface area contributed by atoms with Crippen LogP contribution in [0.25, 0.3) is 0 Å². The molecule has 1 aromatic carbocycles. The summed E-state index contributed by atoms with van der Waals surface area (Å²) in [7, 11) is -3.70. The van der Waals surface area contributed by atoms with Crippen LogP contribution in [0.5, 0.6) is 0 Å². The van der Waals surface area contributed by atoms with Gasteiger partial charge in [-0.05, 0) is 25.1 Å². The molecule has 0 saturated heterocycles. The van der Waals surface area contributed by atoms with Gasteiger partial charge in [-0.2, -0.15) is 0 Å². The lowest BCUT2D eigenvalue weighted by Gasteiger charge is -2.13. The van der Waals surface area contributed by atoms with E-state index in [1.54, 1.807) is 18.5 Å². The molecule has 0 fully saturated rings. The van der Waals surface area contributed by atoms with Crippen LogP contribution in [0.1, 0.15) is 18.0 Å². The number of aromatic nitrogens is 1. The van der Waals surface area contributed by atoms with E-state index in [1.807, 2.05) is 0 Å². The van der Waals surface area contributed by atoms with Crippen LogP contribution < -0.4 is 10.5 Å². The number of sulfonamides is 1. The molecule has 1 aromatic heterocycles. The molecular weight excluding hydrogens is 306 g/mol. The van der Waals surface area contributed by atoms with E-state index < -0.39 is 16.1 Å². The van der Waals surface area contributed by atoms with Crippen molar-refractivity contribution in [1.82, 2.24) is 9.71 Å². The number of nitrogens with zero attached hydrogens (tertiary/aromatic N) is 1. The first-order chi connectivity index (χ1) is 8.90. The highest BCUT2D eigenvalue weighted by molar-refractivity contribution is 7.89. The maximum absolute atomic E-state index is 12.2. The predicted octanol–water partition coefficient (Wildman–Crippen LogP) is 2.42. The first-order valence-corrected chi connectivity index (χ1v) is 8.11. The summed E-state index contributed by atoms with van der Waals surface area (Å²) in [6, 6.07) is 3.86. The molecule has 0 aliphatic rings. The third-order valence-corrected chi connectivity index (χ3v) is 5.22. The molecule has 1 heterocycles. The van der Waals surface area contributed by atoms with Gasteiger partial charge in [0, 0.05) is 16.6 Å². The maximum atomic E-state index is 12.2. The smallest absolute Gasteiger partial charge is 0.243 e. The van der Waals surface area contributed by atoms with E-state index in [9.17, 15) is 8.42 Å². The van der Waals surface area contributed by atoms with Gasteiger partial charge in [-0.1, -0.05) is 11.6 Å². The van der Waals surface area contributed by atoms with Crippen molar-refractivity contribution in [3.05, 3.63) is 39.8 Å². The molecule has 0 radical (unpaired) electrons. The molecule has 8 heteroatoms. The molecule has 19 heavy (non-hydrogen) atoms. The van der Waals surface area contributed by atoms with Crippen molar-refractivity contribution >= 4 is 38.6 Å². The highest BCUT2D eigenvalue weighted by atomic mass is 35.5. The summed E-state index contributed by atoms with van der Waals surface area (Å²) < 4.78 is 27.0. The number of hydrogen-bond donors (Lipinski definition) is 2. The summed E-state index contributed by atoms with van der Waals surface area (Å²) in [5.41, 5.74) is 5.80. The topological polar surface area (TPSA) is 85.1 Å². The van der Waals surface area contributed by atoms with Crippen molar-refractivity contribution in [2.24, 2.45) is 0 Å². The zero-order chi connectivity index (χ0) is 14.0. The van der Waals surface area contributed by atoms with Gasteiger partial charge < -0.3 is 5.73 Å². The van der Waals surface area contributed by atoms with Crippen LogP contribution in [-0.4, -0.2) is 13.4 Å². The van der Waals surface area contributed by atoms with Crippen LogP contribution in [0.2, 0.25) is 5.02 Å². The van der Waals surface area contributed by atoms with Crippen LogP contribution in [0.4, 0.5) is 5.69 Å². The maximum Gasteiger partial charge on any atom is 0.243 e. The molecule has 0 bridgehead atoms. The van der Waals surface area contributed by atoms with Gasteiger partial charge in [-0.25, -0.2) is 18.1 Å². The van der Waals surface area contributed by atoms with Gasteiger partial charge in [0.25, 0.3) is 0 Å². The summed E-state index contributed by atoms with van der Waals surface area (Å²) in [5.74, 6) is 0. The standard InChI is InChI=1S/C11H12ClN3O2S2/c1-7(11-14-4-5-18-11)15-19(16,17)10-3-2-8(12)6-9(10)13/h2-7,15H,13H2,1H3. The second kappa shape index (κ2) is 5.46. The minimum atomic E-state index is -3.70. The van der Waals surface area contributed by atoms with Crippen molar-refractivity contribution in [1.29, 1.82) is 0 Å². The van der Waals surface area contributed by atoms with Crippen LogP contribution in [0, 0.1) is 0 Å². The third kappa shape index (κ3) is 3.24. The Bertz CT molecular complexity index is 671. The number of anilines is 1. The average molecular weight is 318 g/mol. The predicted molar refractivity (Wildman–Crippen MR) is 76.7 cm³/mol. The monoisotopic (exact) mass is 317 g/mol. The van der Waals surface area contributed by atoms with Crippen molar-refractivity contribution in [2.45, 2.75) is 17.9 Å². The van der Waals surface area contributed by atoms with E-state index >= 15 is 0 Å². The van der Waals surface area contributed by atoms with Crippen LogP contribution in [0.15, 0.2) is 34.7 Å². The number of nitrogen functional groups attached to an aromatic ring is 1. The Morgan fingerprint density at radius 1 is 1.47 bits per heavy atom. The average Bonchev–Trinajstić information content (AvgIpc) is 2.80. The minimum Gasteiger partial charge on any atom is -0.398 e. The molecule has 2 aromatic rings. The highest BCUT2D eigenvalue weighted by Crippen LogP contribution is 2.24. The Balaban J connectivity index is 2.28. The van der Waals surface area contributed by atoms with E-state index in [1.165, 1.54) is 29.5 Å². The van der Waals surface area contributed by atoms with Gasteiger partial charge in [0.2, 0.25) is 10.0 Å². The molecule has 0 aliphatic carbocycles. The van der Waals surface area contributed by atoms with Gasteiger partial charge in [0.1, 0.15) is 9.90 Å². The van der Waals surface area contributed by atoms with E-state index in [2.05, 4.69) is 9.71 Å². The lowest BCUT2D eigenvalue weighted by molar-refractivity contribution is 0.567. The zero-order valence-corrected chi connectivity index (χ0v) is 12.4. The number of hydrogen-bond acceptors (Lipinski definition) is 5. The summed E-state index contributed by atoms with van der Waals surface area (Å²) in [4.78, 5) is 4.08. The molecular formula is C11H12ClN3O2S2. The number of nitrogens with one attached hydrogen (secondary N) is 1. The summed E-state index contributed by atoms with van der Waals surface area (Å²) in [6.07, 6.45) is 1.63. The van der Waals surface area contributed by atoms with Crippen molar-refractivity contribution in [3.8, 4) is 0 Å². The van der Waals surface area contributed by atoms with E-state index in [4.69, 9.17) is 17.3 Å². The fourth-order valence-electron chi connectivity index (χ4n) is 1.56. The third-order valence-electron chi connectivity index (χ3n) is 2.42. The number of thiazole rings is 1. The second-order valence-electron chi connectivity index (χ2n) is 3.90. The lowest BCUT2D eigenvalue weighted by Crippen LogP contribution is -2.27. The molecule has 0 amide bonds. The Hall–Kier alpha value is -1.15. The summed E-state index contributed by atoms with van der Waals surface area (Å²) >= 11 is 7.13. The molecule has 0 aliphatic heterocycles. The molecule has 0 saturated carbocycles. The van der Waals surface area contributed by atoms with E-state index in [-0.39, 0.29) is 10.6 Å². The first-order valence-electron chi connectivity index (χ1n) is 5.37. The SMILES string of the molecule is CC(NS(=O)(=O)c1ccc(Cl)cc1N)c1nccs1. The number of rotatable bonds is 4. The second-order valence-corrected chi connectivity index (χ2v) is 6.94. The Kier molecular flexibility index (Phi) is 4.10. The van der Waals surface area contributed by atoms with Gasteiger partial charge >= 0.3 is 0 Å². The highest BCUT2D eigenvalue weighted by Gasteiger charge is 2.21. The Labute approximate surface area is 120 Å². The van der Waals surface area contributed by atoms with Crippen molar-refractivity contribution in [2.75, 3.05) is 5.73 Å². The number of halogens is 1. The summed E-state index contributed by atoms with van der Waals surface area (Å²) in [6.45, 7) is 1.72. The fraction of sp³-hybridized carbons (Fsp3) is 0.182. The van der Waals surface area contributed by atoms with Gasteiger partial charge in [-0.3, -0.25) is 0 Å². The molecule has 3 N–H and O–H groups in total. The van der Waals surface area contributed by atoms with Crippen LogP contribution >= 0.6 is 22.9 Å². The zero-order valence-electron chi connectivity index (χ0n) is 10.00. The molecule has 5 nitrogen and oxygen atoms in total. The van der Waals surface area contributed by atoms with Crippen LogP contribution in [0.3, 0.4) is 0 Å². The minimum absolute atomic E-state index is 0.0142. The number of benzene rings is 1. The van der Waals surface area contributed by atoms with Crippen LogP contribution in [-0.2, 0) is 10.0 Å². The van der Waals surface area contributed by atoms with Crippen molar-refractivity contribution < 1.29 is 8.42 Å². The first kappa shape index (κ1) is 14.3. The van der Waals surface area contributed by atoms with Crippen molar-refractivity contribution in [3.63, 3.8) is 0 Å². The molecule has 0 spiro atoms. The molecule has 1 unspecified atom stereocenters.